The molecule has 2 rings (SSSR count). The van der Waals surface area contributed by atoms with Crippen LogP contribution in [-0.4, -0.2) is 35.2 Å². The minimum atomic E-state index is 0.377. The van der Waals surface area contributed by atoms with Crippen LogP contribution in [0.3, 0.4) is 0 Å². The number of likely N-dealkylation sites (N-methyl/N-ethyl adjacent to an activating group) is 1. The fourth-order valence-corrected chi connectivity index (χ4v) is 2.06. The van der Waals surface area contributed by atoms with Crippen LogP contribution in [0.5, 0.6) is 0 Å². The molecule has 0 saturated heterocycles. The summed E-state index contributed by atoms with van der Waals surface area (Å²) in [6, 6.07) is 5.80. The van der Waals surface area contributed by atoms with E-state index in [0.717, 1.165) is 18.8 Å². The number of nitrogens with zero attached hydrogens (tertiary/aromatic N) is 4. The first-order valence-corrected chi connectivity index (χ1v) is 7.28. The maximum atomic E-state index is 6.05. The molecular weight excluding hydrogens is 288 g/mol. The van der Waals surface area contributed by atoms with Crippen molar-refractivity contribution in [3.05, 3.63) is 47.1 Å². The highest BCUT2D eigenvalue weighted by molar-refractivity contribution is 6.29. The summed E-state index contributed by atoms with van der Waals surface area (Å²) in [7, 11) is 1.99. The van der Waals surface area contributed by atoms with Gasteiger partial charge in [-0.2, -0.15) is 0 Å². The van der Waals surface area contributed by atoms with Gasteiger partial charge < -0.3 is 9.64 Å². The van der Waals surface area contributed by atoms with Gasteiger partial charge in [0, 0.05) is 38.7 Å². The Balaban J connectivity index is 2.01. The van der Waals surface area contributed by atoms with Gasteiger partial charge in [-0.25, -0.2) is 9.97 Å². The van der Waals surface area contributed by atoms with Gasteiger partial charge in [0.15, 0.2) is 5.82 Å². The molecule has 0 unspecified atom stereocenters. The average molecular weight is 307 g/mol. The molecular formula is C15H19ClN4O. The van der Waals surface area contributed by atoms with E-state index in [1.807, 2.05) is 26.1 Å². The monoisotopic (exact) mass is 306 g/mol. The number of hydrogen-bond donors (Lipinski definition) is 0. The van der Waals surface area contributed by atoms with Crippen LogP contribution in [0.25, 0.3) is 0 Å². The van der Waals surface area contributed by atoms with Gasteiger partial charge in [0.1, 0.15) is 17.6 Å². The first-order chi connectivity index (χ1) is 10.2. The third-order valence-electron chi connectivity index (χ3n) is 3.04. The van der Waals surface area contributed by atoms with Gasteiger partial charge in [0.2, 0.25) is 0 Å². The largest absolute Gasteiger partial charge is 0.374 e. The summed E-state index contributed by atoms with van der Waals surface area (Å²) >= 11 is 6.05. The lowest BCUT2D eigenvalue weighted by Crippen LogP contribution is -2.22. The molecule has 0 bridgehead atoms. The van der Waals surface area contributed by atoms with Gasteiger partial charge in [-0.15, -0.1) is 0 Å². The Morgan fingerprint density at radius 2 is 2.00 bits per heavy atom. The molecule has 2 aromatic heterocycles. The normalized spacial score (nSPS) is 10.6. The predicted molar refractivity (Wildman–Crippen MR) is 83.6 cm³/mol. The molecule has 0 atom stereocenters. The van der Waals surface area contributed by atoms with E-state index >= 15 is 0 Å². The highest BCUT2D eigenvalue weighted by atomic mass is 35.5. The highest BCUT2D eigenvalue weighted by Crippen LogP contribution is 2.16. The van der Waals surface area contributed by atoms with E-state index < -0.39 is 0 Å². The molecule has 0 fully saturated rings. The molecule has 0 amide bonds. The van der Waals surface area contributed by atoms with Gasteiger partial charge in [0.05, 0.1) is 0 Å². The Morgan fingerprint density at radius 1 is 1.24 bits per heavy atom. The second-order valence-corrected chi connectivity index (χ2v) is 5.02. The summed E-state index contributed by atoms with van der Waals surface area (Å²) in [5.74, 6) is 1.41. The van der Waals surface area contributed by atoms with Gasteiger partial charge in [-0.05, 0) is 31.0 Å². The van der Waals surface area contributed by atoms with Crippen LogP contribution >= 0.6 is 11.6 Å². The lowest BCUT2D eigenvalue weighted by molar-refractivity contribution is 0.128. The Labute approximate surface area is 130 Å². The SMILES string of the molecule is CCOCc1nc(Cl)cc(N(C)CCc2ccncc2)n1. The van der Waals surface area contributed by atoms with Gasteiger partial charge in [0.25, 0.3) is 0 Å². The van der Waals surface area contributed by atoms with E-state index in [9.17, 15) is 0 Å². The van der Waals surface area contributed by atoms with Crippen LogP contribution in [0.1, 0.15) is 18.3 Å². The minimum Gasteiger partial charge on any atom is -0.374 e. The maximum Gasteiger partial charge on any atom is 0.158 e. The fourth-order valence-electron chi connectivity index (χ4n) is 1.87. The van der Waals surface area contributed by atoms with Crippen LogP contribution in [0, 0.1) is 0 Å². The summed E-state index contributed by atoms with van der Waals surface area (Å²) in [6.07, 6.45) is 4.52. The number of rotatable bonds is 7. The van der Waals surface area contributed by atoms with Crippen LogP contribution < -0.4 is 4.90 Å². The Kier molecular flexibility index (Phi) is 5.90. The van der Waals surface area contributed by atoms with Crippen LogP contribution in [0.4, 0.5) is 5.82 Å². The molecule has 0 aliphatic carbocycles. The van der Waals surface area contributed by atoms with E-state index in [4.69, 9.17) is 16.3 Å². The number of halogens is 1. The van der Waals surface area contributed by atoms with Crippen molar-refractivity contribution in [2.75, 3.05) is 25.1 Å². The van der Waals surface area contributed by atoms with E-state index in [1.54, 1.807) is 18.5 Å². The summed E-state index contributed by atoms with van der Waals surface area (Å²) in [5, 5.41) is 0.436. The maximum absolute atomic E-state index is 6.05. The van der Waals surface area contributed by atoms with Crippen LogP contribution in [0.15, 0.2) is 30.6 Å². The summed E-state index contributed by atoms with van der Waals surface area (Å²) in [6.45, 7) is 3.78. The minimum absolute atomic E-state index is 0.377. The summed E-state index contributed by atoms with van der Waals surface area (Å²) in [5.41, 5.74) is 1.24. The smallest absolute Gasteiger partial charge is 0.158 e. The number of aromatic nitrogens is 3. The Hall–Kier alpha value is -1.72. The lowest BCUT2D eigenvalue weighted by Gasteiger charge is -2.19. The molecule has 0 N–H and O–H groups in total. The number of anilines is 1. The van der Waals surface area contributed by atoms with E-state index in [1.165, 1.54) is 5.56 Å². The second-order valence-electron chi connectivity index (χ2n) is 4.63. The zero-order valence-corrected chi connectivity index (χ0v) is 13.0. The third kappa shape index (κ3) is 4.95. The van der Waals surface area contributed by atoms with Crippen molar-refractivity contribution in [3.63, 3.8) is 0 Å². The zero-order chi connectivity index (χ0) is 15.1. The van der Waals surface area contributed by atoms with Gasteiger partial charge >= 0.3 is 0 Å². The van der Waals surface area contributed by atoms with Crippen molar-refractivity contribution < 1.29 is 4.74 Å². The van der Waals surface area contributed by atoms with Crippen molar-refractivity contribution >= 4 is 17.4 Å². The number of hydrogen-bond acceptors (Lipinski definition) is 5. The molecule has 112 valence electrons. The zero-order valence-electron chi connectivity index (χ0n) is 12.3. The third-order valence-corrected chi connectivity index (χ3v) is 3.23. The first-order valence-electron chi connectivity index (χ1n) is 6.90. The molecule has 0 spiro atoms. The first kappa shape index (κ1) is 15.7. The molecule has 5 nitrogen and oxygen atoms in total. The molecule has 6 heteroatoms. The molecule has 2 aromatic rings. The molecule has 2 heterocycles. The van der Waals surface area contributed by atoms with Crippen molar-refractivity contribution in [2.24, 2.45) is 0 Å². The van der Waals surface area contributed by atoms with Crippen molar-refractivity contribution in [3.8, 4) is 0 Å². The van der Waals surface area contributed by atoms with E-state index in [2.05, 4.69) is 19.9 Å². The quantitative estimate of drug-likeness (QED) is 0.736. The van der Waals surface area contributed by atoms with Crippen molar-refractivity contribution in [1.29, 1.82) is 0 Å². The molecule has 0 aliphatic heterocycles. The Morgan fingerprint density at radius 3 is 2.71 bits per heavy atom. The molecule has 0 aliphatic rings. The topological polar surface area (TPSA) is 51.1 Å². The van der Waals surface area contributed by atoms with Gasteiger partial charge in [-0.1, -0.05) is 11.6 Å². The van der Waals surface area contributed by atoms with Gasteiger partial charge in [-0.3, -0.25) is 4.98 Å². The van der Waals surface area contributed by atoms with Crippen molar-refractivity contribution in [2.45, 2.75) is 20.0 Å². The van der Waals surface area contributed by atoms with Crippen LogP contribution in [0.2, 0.25) is 5.15 Å². The predicted octanol–water partition coefficient (Wildman–Crippen LogP) is 2.74. The lowest BCUT2D eigenvalue weighted by atomic mass is 10.2. The molecule has 0 aromatic carbocycles. The van der Waals surface area contributed by atoms with Crippen LogP contribution in [-0.2, 0) is 17.8 Å². The van der Waals surface area contributed by atoms with E-state index in [-0.39, 0.29) is 0 Å². The molecule has 21 heavy (non-hydrogen) atoms. The number of pyridine rings is 1. The number of ether oxygens (including phenoxy) is 1. The summed E-state index contributed by atoms with van der Waals surface area (Å²) < 4.78 is 5.33. The molecule has 0 radical (unpaired) electrons. The summed E-state index contributed by atoms with van der Waals surface area (Å²) in [4.78, 5) is 14.7. The van der Waals surface area contributed by atoms with Crippen molar-refractivity contribution in [1.82, 2.24) is 15.0 Å². The standard InChI is InChI=1S/C15H19ClN4O/c1-3-21-11-14-18-13(16)10-15(19-14)20(2)9-6-12-4-7-17-8-5-12/h4-5,7-8,10H,3,6,9,11H2,1-2H3. The fraction of sp³-hybridized carbons (Fsp3) is 0.400. The Bertz CT molecular complexity index is 565. The highest BCUT2D eigenvalue weighted by Gasteiger charge is 2.08. The van der Waals surface area contributed by atoms with E-state index in [0.29, 0.717) is 24.2 Å². The average Bonchev–Trinajstić information content (AvgIpc) is 2.51. The second kappa shape index (κ2) is 7.90. The molecule has 0 saturated carbocycles.